The summed E-state index contributed by atoms with van der Waals surface area (Å²) in [6.07, 6.45) is 0. The maximum atomic E-state index is 11.2. The smallest absolute Gasteiger partial charge is 0.336 e. The van der Waals surface area contributed by atoms with Gasteiger partial charge in [-0.3, -0.25) is 0 Å². The van der Waals surface area contributed by atoms with Gasteiger partial charge in [0.2, 0.25) is 0 Å². The molecule has 2 aromatic rings. The summed E-state index contributed by atoms with van der Waals surface area (Å²) in [5.41, 5.74) is 1.20. The molecule has 0 saturated carbocycles. The predicted octanol–water partition coefficient (Wildman–Crippen LogP) is 3.14. The van der Waals surface area contributed by atoms with Crippen molar-refractivity contribution in [1.29, 1.82) is 0 Å². The van der Waals surface area contributed by atoms with E-state index < -0.39 is 0 Å². The highest BCUT2D eigenvalue weighted by atomic mass is 16.5. The average molecular weight is 232 g/mol. The highest BCUT2D eigenvalue weighted by Crippen LogP contribution is 2.22. The van der Waals surface area contributed by atoms with E-state index in [0.29, 0.717) is 18.1 Å². The van der Waals surface area contributed by atoms with Crippen LogP contribution >= 0.6 is 0 Å². The number of rotatable bonds is 3. The van der Waals surface area contributed by atoms with Crippen molar-refractivity contribution in [2.45, 2.75) is 20.8 Å². The summed E-state index contributed by atoms with van der Waals surface area (Å²) in [5, 5.41) is 0.922. The fraction of sp³-hybridized carbons (Fsp3) is 0.357. The van der Waals surface area contributed by atoms with Crippen LogP contribution in [0.4, 0.5) is 0 Å². The third-order valence-electron chi connectivity index (χ3n) is 2.50. The van der Waals surface area contributed by atoms with Crippen LogP contribution in [0, 0.1) is 12.8 Å². The molecule has 0 radical (unpaired) electrons. The molecule has 1 heterocycles. The van der Waals surface area contributed by atoms with E-state index in [1.165, 1.54) is 6.07 Å². The molecule has 0 atom stereocenters. The van der Waals surface area contributed by atoms with Crippen LogP contribution in [-0.4, -0.2) is 6.61 Å². The van der Waals surface area contributed by atoms with Gasteiger partial charge in [0.1, 0.15) is 11.3 Å². The minimum absolute atomic E-state index is 0.314. The molecular formula is C14H16O3. The van der Waals surface area contributed by atoms with Crippen molar-refractivity contribution in [1.82, 2.24) is 0 Å². The van der Waals surface area contributed by atoms with Gasteiger partial charge in [0, 0.05) is 11.5 Å². The fourth-order valence-electron chi connectivity index (χ4n) is 1.65. The van der Waals surface area contributed by atoms with Crippen LogP contribution in [0.3, 0.4) is 0 Å². The molecule has 0 bridgehead atoms. The first-order valence-corrected chi connectivity index (χ1v) is 5.73. The lowest BCUT2D eigenvalue weighted by Crippen LogP contribution is -2.04. The highest BCUT2D eigenvalue weighted by Gasteiger charge is 2.04. The number of aryl methyl sites for hydroxylation is 1. The van der Waals surface area contributed by atoms with Gasteiger partial charge < -0.3 is 9.15 Å². The van der Waals surface area contributed by atoms with Crippen LogP contribution in [0.15, 0.2) is 33.5 Å². The van der Waals surface area contributed by atoms with Crippen molar-refractivity contribution < 1.29 is 9.15 Å². The summed E-state index contributed by atoms with van der Waals surface area (Å²) in [4.78, 5) is 11.2. The van der Waals surface area contributed by atoms with Crippen LogP contribution in [-0.2, 0) is 0 Å². The van der Waals surface area contributed by atoms with E-state index in [9.17, 15) is 4.79 Å². The largest absolute Gasteiger partial charge is 0.493 e. The molecule has 3 nitrogen and oxygen atoms in total. The normalized spacial score (nSPS) is 11.1. The summed E-state index contributed by atoms with van der Waals surface area (Å²) < 4.78 is 10.8. The van der Waals surface area contributed by atoms with E-state index in [1.807, 2.05) is 19.1 Å². The van der Waals surface area contributed by atoms with Gasteiger partial charge in [-0.1, -0.05) is 13.8 Å². The average Bonchev–Trinajstić information content (AvgIpc) is 2.26. The van der Waals surface area contributed by atoms with E-state index in [1.54, 1.807) is 6.07 Å². The van der Waals surface area contributed by atoms with Gasteiger partial charge in [-0.15, -0.1) is 0 Å². The van der Waals surface area contributed by atoms with Gasteiger partial charge in [0.25, 0.3) is 0 Å². The molecular weight excluding hydrogens is 216 g/mol. The maximum absolute atomic E-state index is 11.2. The molecule has 0 unspecified atom stereocenters. The first kappa shape index (κ1) is 11.7. The SMILES string of the molecule is Cc1cc(=O)oc2ccc(OCC(C)C)cc12. The summed E-state index contributed by atoms with van der Waals surface area (Å²) in [7, 11) is 0. The lowest BCUT2D eigenvalue weighted by Gasteiger charge is -2.09. The van der Waals surface area contributed by atoms with E-state index in [4.69, 9.17) is 9.15 Å². The monoisotopic (exact) mass is 232 g/mol. The third kappa shape index (κ3) is 2.67. The summed E-state index contributed by atoms with van der Waals surface area (Å²) in [6.45, 7) is 6.78. The fourth-order valence-corrected chi connectivity index (χ4v) is 1.65. The molecule has 0 aliphatic heterocycles. The van der Waals surface area contributed by atoms with Gasteiger partial charge in [-0.05, 0) is 36.6 Å². The number of hydrogen-bond acceptors (Lipinski definition) is 3. The zero-order valence-electron chi connectivity index (χ0n) is 10.3. The van der Waals surface area contributed by atoms with E-state index in [0.717, 1.165) is 16.7 Å². The van der Waals surface area contributed by atoms with Crippen LogP contribution in [0.25, 0.3) is 11.0 Å². The minimum atomic E-state index is -0.314. The van der Waals surface area contributed by atoms with Gasteiger partial charge >= 0.3 is 5.63 Å². The quantitative estimate of drug-likeness (QED) is 0.763. The van der Waals surface area contributed by atoms with Gasteiger partial charge in [-0.2, -0.15) is 0 Å². The molecule has 90 valence electrons. The van der Waals surface area contributed by atoms with Gasteiger partial charge in [0.05, 0.1) is 6.61 Å². The molecule has 0 aliphatic carbocycles. The Labute approximate surface area is 100 Å². The standard InChI is InChI=1S/C14H16O3/c1-9(2)8-16-11-4-5-13-12(7-11)10(3)6-14(15)17-13/h4-7,9H,8H2,1-3H3. The van der Waals surface area contributed by atoms with Crippen molar-refractivity contribution in [3.63, 3.8) is 0 Å². The lowest BCUT2D eigenvalue weighted by atomic mass is 10.1. The number of ether oxygens (including phenoxy) is 1. The second kappa shape index (κ2) is 4.62. The maximum Gasteiger partial charge on any atom is 0.336 e. The van der Waals surface area contributed by atoms with Crippen LogP contribution in [0.2, 0.25) is 0 Å². The Kier molecular flexibility index (Phi) is 3.18. The summed E-state index contributed by atoms with van der Waals surface area (Å²) in [5.74, 6) is 1.30. The molecule has 2 rings (SSSR count). The topological polar surface area (TPSA) is 39.4 Å². The molecule has 0 amide bonds. The predicted molar refractivity (Wildman–Crippen MR) is 67.6 cm³/mol. The zero-order chi connectivity index (χ0) is 12.4. The molecule has 0 N–H and O–H groups in total. The second-order valence-corrected chi connectivity index (χ2v) is 4.61. The number of fused-ring (bicyclic) bond motifs is 1. The first-order valence-electron chi connectivity index (χ1n) is 5.73. The Bertz CT molecular complexity index is 582. The molecule has 3 heteroatoms. The molecule has 1 aromatic heterocycles. The minimum Gasteiger partial charge on any atom is -0.493 e. The summed E-state index contributed by atoms with van der Waals surface area (Å²) >= 11 is 0. The van der Waals surface area contributed by atoms with Gasteiger partial charge in [0.15, 0.2) is 0 Å². The molecule has 17 heavy (non-hydrogen) atoms. The Hall–Kier alpha value is -1.77. The van der Waals surface area contributed by atoms with E-state index in [-0.39, 0.29) is 5.63 Å². The Morgan fingerprint density at radius 1 is 1.29 bits per heavy atom. The van der Waals surface area contributed by atoms with E-state index >= 15 is 0 Å². The molecule has 0 spiro atoms. The highest BCUT2D eigenvalue weighted by molar-refractivity contribution is 5.81. The second-order valence-electron chi connectivity index (χ2n) is 4.61. The Morgan fingerprint density at radius 2 is 2.06 bits per heavy atom. The molecule has 0 saturated heterocycles. The molecule has 0 fully saturated rings. The Morgan fingerprint density at radius 3 is 2.76 bits per heavy atom. The van der Waals surface area contributed by atoms with Crippen molar-refractivity contribution in [2.75, 3.05) is 6.61 Å². The molecule has 0 aliphatic rings. The van der Waals surface area contributed by atoms with Crippen molar-refractivity contribution in [3.8, 4) is 5.75 Å². The number of benzene rings is 1. The first-order chi connectivity index (χ1) is 8.06. The van der Waals surface area contributed by atoms with Crippen molar-refractivity contribution in [3.05, 3.63) is 40.2 Å². The van der Waals surface area contributed by atoms with Crippen molar-refractivity contribution >= 4 is 11.0 Å². The van der Waals surface area contributed by atoms with Gasteiger partial charge in [-0.25, -0.2) is 4.79 Å². The van der Waals surface area contributed by atoms with Crippen molar-refractivity contribution in [2.24, 2.45) is 5.92 Å². The van der Waals surface area contributed by atoms with Crippen LogP contribution in [0.1, 0.15) is 19.4 Å². The summed E-state index contributed by atoms with van der Waals surface area (Å²) in [6, 6.07) is 7.01. The molecule has 1 aromatic carbocycles. The Balaban J connectivity index is 2.40. The number of hydrogen-bond donors (Lipinski definition) is 0. The lowest BCUT2D eigenvalue weighted by molar-refractivity contribution is 0.271. The third-order valence-corrected chi connectivity index (χ3v) is 2.50. The van der Waals surface area contributed by atoms with E-state index in [2.05, 4.69) is 13.8 Å². The zero-order valence-corrected chi connectivity index (χ0v) is 10.3. The van der Waals surface area contributed by atoms with Crippen LogP contribution < -0.4 is 10.4 Å². The van der Waals surface area contributed by atoms with Crippen LogP contribution in [0.5, 0.6) is 5.75 Å².